The summed E-state index contributed by atoms with van der Waals surface area (Å²) < 4.78 is 0. The molecule has 0 saturated carbocycles. The Morgan fingerprint density at radius 1 is 1.00 bits per heavy atom. The van der Waals surface area contributed by atoms with Gasteiger partial charge < -0.3 is 16.0 Å². The van der Waals surface area contributed by atoms with E-state index in [1.54, 1.807) is 0 Å². The van der Waals surface area contributed by atoms with Crippen molar-refractivity contribution in [2.45, 2.75) is 32.7 Å². The number of allylic oxidation sites excluding steroid dienone is 1. The molecule has 30 heavy (non-hydrogen) atoms. The van der Waals surface area contributed by atoms with Crippen LogP contribution in [0.1, 0.15) is 35.2 Å². The number of benzene rings is 3. The van der Waals surface area contributed by atoms with Crippen LogP contribution in [0.5, 0.6) is 0 Å². The monoisotopic (exact) mass is 413 g/mol. The van der Waals surface area contributed by atoms with E-state index < -0.39 is 0 Å². The van der Waals surface area contributed by atoms with E-state index in [-0.39, 0.29) is 11.9 Å². The summed E-state index contributed by atoms with van der Waals surface area (Å²) in [6, 6.07) is 18.3. The van der Waals surface area contributed by atoms with Gasteiger partial charge in [0.1, 0.15) is 0 Å². The van der Waals surface area contributed by atoms with Gasteiger partial charge in [0.25, 0.3) is 5.91 Å². The van der Waals surface area contributed by atoms with Crippen molar-refractivity contribution in [1.82, 2.24) is 10.6 Å². The zero-order valence-corrected chi connectivity index (χ0v) is 17.8. The predicted molar refractivity (Wildman–Crippen MR) is 125 cm³/mol. The fourth-order valence-electron chi connectivity index (χ4n) is 4.58. The first kappa shape index (κ1) is 18.8. The molecule has 3 N–H and O–H groups in total. The zero-order valence-electron chi connectivity index (χ0n) is 17.0. The van der Waals surface area contributed by atoms with Gasteiger partial charge in [-0.25, -0.2) is 0 Å². The number of aryl methyl sites for hydroxylation is 3. The number of hydrogen-bond donors (Lipinski definition) is 3. The summed E-state index contributed by atoms with van der Waals surface area (Å²) in [5.41, 5.74) is 7.20. The lowest BCUT2D eigenvalue weighted by atomic mass is 9.89. The molecule has 4 nitrogen and oxygen atoms in total. The Morgan fingerprint density at radius 2 is 1.73 bits per heavy atom. The van der Waals surface area contributed by atoms with Gasteiger partial charge in [-0.3, -0.25) is 4.79 Å². The van der Waals surface area contributed by atoms with Crippen molar-refractivity contribution in [3.05, 3.63) is 88.1 Å². The van der Waals surface area contributed by atoms with Gasteiger partial charge in [0.05, 0.1) is 11.6 Å². The predicted octanol–water partition coefficient (Wildman–Crippen LogP) is 4.68. The molecule has 0 bridgehead atoms. The van der Waals surface area contributed by atoms with Crippen molar-refractivity contribution >= 4 is 39.7 Å². The third-order valence-electron chi connectivity index (χ3n) is 6.04. The van der Waals surface area contributed by atoms with Crippen LogP contribution in [0.2, 0.25) is 0 Å². The molecule has 0 unspecified atom stereocenters. The minimum absolute atomic E-state index is 0.132. The molecule has 0 aromatic heterocycles. The number of thiocarbonyl (C=S) groups is 1. The highest BCUT2D eigenvalue weighted by Crippen LogP contribution is 2.38. The number of amides is 1. The maximum atomic E-state index is 13.3. The van der Waals surface area contributed by atoms with Crippen molar-refractivity contribution in [3.8, 4) is 0 Å². The Bertz CT molecular complexity index is 1220. The molecule has 3 aromatic rings. The Kier molecular flexibility index (Phi) is 4.55. The maximum Gasteiger partial charge on any atom is 0.255 e. The minimum atomic E-state index is -0.311. The van der Waals surface area contributed by atoms with E-state index in [0.29, 0.717) is 10.7 Å². The lowest BCUT2D eigenvalue weighted by molar-refractivity contribution is -0.113. The largest absolute Gasteiger partial charge is 0.351 e. The standard InChI is InChI=1S/C25H23N3OS/c1-14-6-11-18(12-7-14)27-24(29)21-15(2)26-25(30)28-23(21)20-13-10-17-9-8-16-4-3-5-19(20)22(16)17/h3-7,10-13,23H,8-9H2,1-2H3,(H,27,29)(H2,26,28,30)/t23-/m1/s1. The number of nitrogens with one attached hydrogen (secondary N) is 3. The van der Waals surface area contributed by atoms with Crippen molar-refractivity contribution < 1.29 is 4.79 Å². The molecule has 0 fully saturated rings. The van der Waals surface area contributed by atoms with Crippen molar-refractivity contribution in [1.29, 1.82) is 0 Å². The molecule has 1 aliphatic heterocycles. The molecule has 1 amide bonds. The van der Waals surface area contributed by atoms with Crippen LogP contribution in [-0.4, -0.2) is 11.0 Å². The highest BCUT2D eigenvalue weighted by molar-refractivity contribution is 7.80. The molecule has 0 spiro atoms. The Morgan fingerprint density at radius 3 is 2.50 bits per heavy atom. The Balaban J connectivity index is 1.59. The first-order valence-corrected chi connectivity index (χ1v) is 10.6. The molecule has 150 valence electrons. The van der Waals surface area contributed by atoms with Gasteiger partial charge in [0.2, 0.25) is 0 Å². The molecule has 5 heteroatoms. The highest BCUT2D eigenvalue weighted by atomic mass is 32.1. The molecule has 1 heterocycles. The third kappa shape index (κ3) is 3.15. The van der Waals surface area contributed by atoms with Gasteiger partial charge in [-0.1, -0.05) is 48.0 Å². The first-order chi connectivity index (χ1) is 14.5. The van der Waals surface area contributed by atoms with E-state index in [1.165, 1.54) is 21.9 Å². The van der Waals surface area contributed by atoms with Gasteiger partial charge in [-0.05, 0) is 78.5 Å². The van der Waals surface area contributed by atoms with Gasteiger partial charge >= 0.3 is 0 Å². The van der Waals surface area contributed by atoms with Crippen LogP contribution >= 0.6 is 12.2 Å². The van der Waals surface area contributed by atoms with E-state index in [4.69, 9.17) is 12.2 Å². The molecule has 0 saturated heterocycles. The average molecular weight is 414 g/mol. The fourth-order valence-corrected chi connectivity index (χ4v) is 4.86. The summed E-state index contributed by atoms with van der Waals surface area (Å²) in [5, 5.41) is 12.6. The molecule has 0 radical (unpaired) electrons. The second-order valence-electron chi connectivity index (χ2n) is 8.04. The molecular formula is C25H23N3OS. The van der Waals surface area contributed by atoms with E-state index in [2.05, 4.69) is 46.3 Å². The van der Waals surface area contributed by atoms with Crippen LogP contribution in [0.3, 0.4) is 0 Å². The summed E-state index contributed by atoms with van der Waals surface area (Å²) in [4.78, 5) is 13.3. The average Bonchev–Trinajstić information content (AvgIpc) is 3.14. The Labute approximate surface area is 181 Å². The van der Waals surface area contributed by atoms with Crippen molar-refractivity contribution in [3.63, 3.8) is 0 Å². The number of carbonyl (C=O) groups is 1. The normalized spacial score (nSPS) is 17.7. The van der Waals surface area contributed by atoms with E-state index in [9.17, 15) is 4.79 Å². The van der Waals surface area contributed by atoms with Crippen LogP contribution in [0, 0.1) is 6.92 Å². The van der Waals surface area contributed by atoms with Crippen LogP contribution < -0.4 is 16.0 Å². The van der Waals surface area contributed by atoms with E-state index in [1.807, 2.05) is 38.1 Å². The summed E-state index contributed by atoms with van der Waals surface area (Å²) >= 11 is 5.44. The highest BCUT2D eigenvalue weighted by Gasteiger charge is 2.32. The van der Waals surface area contributed by atoms with Crippen molar-refractivity contribution in [2.24, 2.45) is 0 Å². The SMILES string of the molecule is CC1=C(C(=O)Nc2ccc(C)cc2)[C@@H](c2ccc3c4c(cccc24)CC3)NC(=S)N1. The molecule has 5 rings (SSSR count). The third-order valence-corrected chi connectivity index (χ3v) is 6.26. The summed E-state index contributed by atoms with van der Waals surface area (Å²) in [7, 11) is 0. The van der Waals surface area contributed by atoms with Crippen LogP contribution in [0.4, 0.5) is 5.69 Å². The maximum absolute atomic E-state index is 13.3. The van der Waals surface area contributed by atoms with Gasteiger partial charge in [0, 0.05) is 11.4 Å². The molecule has 2 aliphatic rings. The molecule has 1 atom stereocenters. The second-order valence-corrected chi connectivity index (χ2v) is 8.45. The summed E-state index contributed by atoms with van der Waals surface area (Å²) in [6.45, 7) is 3.93. The molecule has 3 aromatic carbocycles. The van der Waals surface area contributed by atoms with Gasteiger partial charge in [-0.15, -0.1) is 0 Å². The van der Waals surface area contributed by atoms with Crippen LogP contribution in [0.25, 0.3) is 10.8 Å². The fraction of sp³-hybridized carbons (Fsp3) is 0.200. The number of hydrogen-bond acceptors (Lipinski definition) is 2. The lowest BCUT2D eigenvalue weighted by Crippen LogP contribution is -2.45. The molecular weight excluding hydrogens is 390 g/mol. The Hall–Kier alpha value is -3.18. The number of rotatable bonds is 3. The topological polar surface area (TPSA) is 53.2 Å². The van der Waals surface area contributed by atoms with Crippen molar-refractivity contribution in [2.75, 3.05) is 5.32 Å². The van der Waals surface area contributed by atoms with Crippen LogP contribution in [-0.2, 0) is 17.6 Å². The van der Waals surface area contributed by atoms with Crippen LogP contribution in [0.15, 0.2) is 65.9 Å². The summed E-state index contributed by atoms with van der Waals surface area (Å²) in [5.74, 6) is -0.132. The lowest BCUT2D eigenvalue weighted by Gasteiger charge is -2.31. The molecule has 1 aliphatic carbocycles. The van der Waals surface area contributed by atoms with Gasteiger partial charge in [0.15, 0.2) is 5.11 Å². The number of anilines is 1. The smallest absolute Gasteiger partial charge is 0.255 e. The van der Waals surface area contributed by atoms with Gasteiger partial charge in [-0.2, -0.15) is 0 Å². The second kappa shape index (κ2) is 7.26. The first-order valence-electron chi connectivity index (χ1n) is 10.2. The van der Waals surface area contributed by atoms with E-state index >= 15 is 0 Å². The zero-order chi connectivity index (χ0) is 20.8. The number of carbonyl (C=O) groups excluding carboxylic acids is 1. The van der Waals surface area contributed by atoms with E-state index in [0.717, 1.165) is 35.4 Å². The quantitative estimate of drug-likeness (QED) is 0.546. The summed E-state index contributed by atoms with van der Waals surface area (Å²) in [6.07, 6.45) is 2.15. The minimum Gasteiger partial charge on any atom is -0.351 e.